The maximum absolute atomic E-state index is 6.24. The lowest BCUT2D eigenvalue weighted by Gasteiger charge is -2.32. The molecule has 19 rings (SSSR count). The molecule has 0 radical (unpaired) electrons. The number of fused-ring (bicyclic) bond motifs is 6. The average molecular weight is 1490 g/mol. The predicted octanol–water partition coefficient (Wildman–Crippen LogP) is 24.9. The van der Waals surface area contributed by atoms with E-state index < -0.39 is 7.12 Å². The summed E-state index contributed by atoms with van der Waals surface area (Å²) in [5.74, 6) is 6.89. The highest BCUT2D eigenvalue weighted by molar-refractivity contribution is 9.10. The summed E-state index contributed by atoms with van der Waals surface area (Å²) in [6, 6.07) is 117. The maximum Gasteiger partial charge on any atom is 0.494 e. The zero-order chi connectivity index (χ0) is 74.6. The van der Waals surface area contributed by atoms with Crippen molar-refractivity contribution in [1.82, 2.24) is 29.9 Å². The minimum absolute atomic E-state index is 0.375. The van der Waals surface area contributed by atoms with Crippen LogP contribution in [0.4, 0.5) is 0 Å². The minimum Gasteiger partial charge on any atom is -0.457 e. The minimum atomic E-state index is -0.397. The van der Waals surface area contributed by atoms with Crippen LogP contribution in [0.3, 0.4) is 0 Å². The molecular weight excluding hydrogens is 1420 g/mol. The van der Waals surface area contributed by atoms with Gasteiger partial charge in [0.2, 0.25) is 0 Å². The van der Waals surface area contributed by atoms with Crippen molar-refractivity contribution in [3.63, 3.8) is 0 Å². The molecule has 0 spiro atoms. The van der Waals surface area contributed by atoms with Crippen molar-refractivity contribution in [2.45, 2.75) is 38.9 Å². The van der Waals surface area contributed by atoms with E-state index in [1.54, 1.807) is 0 Å². The van der Waals surface area contributed by atoms with Crippen molar-refractivity contribution in [2.75, 3.05) is 0 Å². The number of hydrogen-bond acceptors (Lipinski definition) is 12. The predicted molar refractivity (Wildman–Crippen MR) is 446 cm³/mol. The molecule has 1 aliphatic rings. The number of rotatable bonds is 14. The molecule has 12 nitrogen and oxygen atoms in total. The van der Waals surface area contributed by atoms with Crippen molar-refractivity contribution < 1.29 is 27.6 Å². The number of benzene rings is 14. The Labute approximate surface area is 645 Å². The van der Waals surface area contributed by atoms with E-state index in [1.807, 2.05) is 231 Å². The van der Waals surface area contributed by atoms with Gasteiger partial charge in [0.25, 0.3) is 0 Å². The Morgan fingerprint density at radius 2 is 0.527 bits per heavy atom. The summed E-state index contributed by atoms with van der Waals surface area (Å²) < 4.78 is 37.7. The van der Waals surface area contributed by atoms with Crippen LogP contribution in [0.15, 0.2) is 365 Å². The molecule has 18 aromatic rings. The molecule has 0 N–H and O–H groups in total. The first-order chi connectivity index (χ1) is 53.8. The fourth-order valence-corrected chi connectivity index (χ4v) is 13.7. The summed E-state index contributed by atoms with van der Waals surface area (Å²) >= 11 is 3.48. The molecule has 0 amide bonds. The van der Waals surface area contributed by atoms with Crippen LogP contribution in [-0.2, 0) is 9.31 Å². The Balaban J connectivity index is 0.000000136. The van der Waals surface area contributed by atoms with Gasteiger partial charge in [0.1, 0.15) is 45.3 Å². The summed E-state index contributed by atoms with van der Waals surface area (Å²) in [5.41, 5.74) is 16.0. The van der Waals surface area contributed by atoms with Crippen molar-refractivity contribution in [3.05, 3.63) is 356 Å². The zero-order valence-electron chi connectivity index (χ0n) is 60.6. The van der Waals surface area contributed by atoms with Gasteiger partial charge < -0.3 is 27.6 Å². The van der Waals surface area contributed by atoms with Gasteiger partial charge in [0.05, 0.1) is 15.7 Å². The first-order valence-electron chi connectivity index (χ1n) is 36.4. The van der Waals surface area contributed by atoms with Gasteiger partial charge >= 0.3 is 7.12 Å². The highest BCUT2D eigenvalue weighted by Gasteiger charge is 2.51. The SMILES string of the molecule is Brc1cccc2c1oc1ccccc12.CC1(C)OB(c2ccc(Oc3ccc(-c4ccc(-c5nc(-c6ccccc6)nc(-c6ccccc6)n5)cc4)cc3)cc2)OC1(C)C.c1ccc(-c2nc(-c3ccccc3)nc(-c3ccc(-c4ccc(Oc5ccc(-c6cccc7c6oc6ccccc67)cc5)cc4)cc3)n2)cc1. The van der Waals surface area contributed by atoms with Crippen LogP contribution in [0.25, 0.3) is 146 Å². The third-order valence-electron chi connectivity index (χ3n) is 19.9. The molecule has 0 bridgehead atoms. The van der Waals surface area contributed by atoms with Crippen LogP contribution in [-0.4, -0.2) is 48.2 Å². The number of furan rings is 2. The van der Waals surface area contributed by atoms with Crippen LogP contribution in [0.1, 0.15) is 27.7 Å². The Kier molecular flexibility index (Phi) is 19.4. The second-order valence-corrected chi connectivity index (χ2v) is 28.5. The van der Waals surface area contributed by atoms with Gasteiger partial charge in [0, 0.05) is 60.5 Å². The second-order valence-electron chi connectivity index (χ2n) is 27.7. The molecule has 1 saturated heterocycles. The molecule has 0 aliphatic carbocycles. The van der Waals surface area contributed by atoms with Crippen LogP contribution in [0.5, 0.6) is 23.0 Å². The molecule has 1 fully saturated rings. The summed E-state index contributed by atoms with van der Waals surface area (Å²) in [6.07, 6.45) is 0. The highest BCUT2D eigenvalue weighted by Crippen LogP contribution is 2.40. The van der Waals surface area contributed by atoms with E-state index in [-0.39, 0.29) is 11.2 Å². The Hall–Kier alpha value is -13.2. The van der Waals surface area contributed by atoms with Crippen LogP contribution < -0.4 is 14.9 Å². The number of ether oxygens (including phenoxy) is 2. The molecule has 0 saturated carbocycles. The van der Waals surface area contributed by atoms with Crippen LogP contribution in [0.2, 0.25) is 0 Å². The van der Waals surface area contributed by atoms with Gasteiger partial charge in [-0.1, -0.05) is 285 Å². The molecular formula is C96H70BBrN6O6. The van der Waals surface area contributed by atoms with Gasteiger partial charge in [-0.2, -0.15) is 0 Å². The molecule has 4 aromatic heterocycles. The number of halogens is 1. The van der Waals surface area contributed by atoms with E-state index >= 15 is 0 Å². The first kappa shape index (κ1) is 69.8. The zero-order valence-corrected chi connectivity index (χ0v) is 62.2. The van der Waals surface area contributed by atoms with Crippen LogP contribution >= 0.6 is 15.9 Å². The lowest BCUT2D eigenvalue weighted by atomic mass is 9.79. The van der Waals surface area contributed by atoms with Gasteiger partial charge in [-0.05, 0) is 144 Å². The largest absolute Gasteiger partial charge is 0.494 e. The standard InChI is InChI=1S/C45H29N3O2.C39H34BN3O3.C12H7BrO/c1-3-10-33(11-4-1)43-46-44(34-12-5-2-6-13-34)48-45(47-43)35-20-18-30(19-21-35)31-22-26-36(27-23-31)49-37-28-24-32(25-29-37)38-15-9-16-40-39-14-7-8-17-41(39)50-42(38)40;1-38(2)39(3,4)46-40(45-38)32-21-25-34(26-22-32)44-33-23-19-28(20-24-33)27-15-17-31(18-16-27)37-42-35(29-11-7-5-8-12-29)41-36(43-37)30-13-9-6-10-14-30;13-10-6-3-5-9-8-4-1-2-7-11(8)14-12(9)10/h1-29H;5-26H,1-4H3;1-7H. The number of nitrogens with zero attached hydrogens (tertiary/aromatic N) is 6. The summed E-state index contributed by atoms with van der Waals surface area (Å²) in [7, 11) is -0.397. The Morgan fingerprint density at radius 1 is 0.255 bits per heavy atom. The van der Waals surface area contributed by atoms with E-state index in [4.69, 9.17) is 57.5 Å². The lowest BCUT2D eigenvalue weighted by Crippen LogP contribution is -2.41. The average Bonchev–Trinajstić information content (AvgIpc) is 1.63. The first-order valence-corrected chi connectivity index (χ1v) is 37.2. The Bertz CT molecular complexity index is 6120. The van der Waals surface area contributed by atoms with Gasteiger partial charge in [0.15, 0.2) is 34.9 Å². The summed E-state index contributed by atoms with van der Waals surface area (Å²) in [5, 5.41) is 4.58. The summed E-state index contributed by atoms with van der Waals surface area (Å²) in [4.78, 5) is 29.0. The van der Waals surface area contributed by atoms with E-state index in [0.29, 0.717) is 34.9 Å². The van der Waals surface area contributed by atoms with Gasteiger partial charge in [-0.25, -0.2) is 29.9 Å². The fourth-order valence-electron chi connectivity index (χ4n) is 13.3. The third-order valence-corrected chi connectivity index (χ3v) is 20.5. The Morgan fingerprint density at radius 3 is 0.900 bits per heavy atom. The molecule has 1 aliphatic heterocycles. The van der Waals surface area contributed by atoms with Gasteiger partial charge in [-0.3, -0.25) is 0 Å². The van der Waals surface area contributed by atoms with E-state index in [9.17, 15) is 0 Å². The molecule has 110 heavy (non-hydrogen) atoms. The molecule has 14 heteroatoms. The van der Waals surface area contributed by atoms with Crippen LogP contribution in [0, 0.1) is 0 Å². The molecule has 0 atom stereocenters. The molecule has 14 aromatic carbocycles. The van der Waals surface area contributed by atoms with Crippen molar-refractivity contribution in [1.29, 1.82) is 0 Å². The van der Waals surface area contributed by atoms with E-state index in [1.165, 1.54) is 5.39 Å². The molecule has 0 unspecified atom stereocenters. The van der Waals surface area contributed by atoms with Gasteiger partial charge in [-0.15, -0.1) is 0 Å². The van der Waals surface area contributed by atoms with Crippen molar-refractivity contribution in [2.24, 2.45) is 0 Å². The second kappa shape index (κ2) is 30.6. The summed E-state index contributed by atoms with van der Waals surface area (Å²) in [6.45, 7) is 8.23. The third kappa shape index (κ3) is 15.0. The van der Waals surface area contributed by atoms with Crippen molar-refractivity contribution in [3.8, 4) is 125 Å². The molecule has 530 valence electrons. The van der Waals surface area contributed by atoms with E-state index in [0.717, 1.165) is 138 Å². The molecule has 5 heterocycles. The number of aromatic nitrogens is 6. The smallest absolute Gasteiger partial charge is 0.457 e. The maximum atomic E-state index is 6.24. The normalized spacial score (nSPS) is 12.8. The number of hydrogen-bond donors (Lipinski definition) is 0. The van der Waals surface area contributed by atoms with Crippen molar-refractivity contribution >= 4 is 72.4 Å². The quantitative estimate of drug-likeness (QED) is 0.0957. The topological polar surface area (TPSA) is 141 Å². The fraction of sp³-hybridized carbons (Fsp3) is 0.0625. The lowest BCUT2D eigenvalue weighted by molar-refractivity contribution is 0.00578. The number of para-hydroxylation sites is 4. The van der Waals surface area contributed by atoms with E-state index in [2.05, 4.69) is 165 Å². The monoisotopic (exact) mass is 1490 g/mol. The highest BCUT2D eigenvalue weighted by atomic mass is 79.9.